The lowest BCUT2D eigenvalue weighted by Crippen LogP contribution is -2.54. The van der Waals surface area contributed by atoms with Gasteiger partial charge in [0.05, 0.1) is 21.3 Å². The third kappa shape index (κ3) is 2.15. The van der Waals surface area contributed by atoms with Gasteiger partial charge in [-0.1, -0.05) is 0 Å². The Morgan fingerprint density at radius 3 is 2.52 bits per heavy atom. The lowest BCUT2D eigenvalue weighted by molar-refractivity contribution is -0.114. The van der Waals surface area contributed by atoms with E-state index in [1.807, 2.05) is 6.08 Å². The molecule has 1 fully saturated rings. The number of ketones is 1. The monoisotopic (exact) mass is 341 g/mol. The molecule has 0 spiro atoms. The minimum absolute atomic E-state index is 0.0441. The number of allylic oxidation sites excluding steroid dienone is 2. The van der Waals surface area contributed by atoms with Crippen molar-refractivity contribution in [3.05, 3.63) is 46.7 Å². The van der Waals surface area contributed by atoms with Gasteiger partial charge in [-0.3, -0.25) is 9.69 Å². The van der Waals surface area contributed by atoms with Gasteiger partial charge in [-0.05, 0) is 67.4 Å². The highest BCUT2D eigenvalue weighted by molar-refractivity contribution is 6.05. The van der Waals surface area contributed by atoms with E-state index in [9.17, 15) is 4.79 Å². The highest BCUT2D eigenvalue weighted by Crippen LogP contribution is 2.53. The van der Waals surface area contributed by atoms with Crippen molar-refractivity contribution in [2.75, 3.05) is 34.9 Å². The maximum absolute atomic E-state index is 12.4. The number of likely N-dealkylation sites (N-methyl/N-ethyl adjacent to an activating group) is 1. The fourth-order valence-electron chi connectivity index (χ4n) is 4.58. The number of nitrogens with zero attached hydrogens (tertiary/aromatic N) is 1. The van der Waals surface area contributed by atoms with Crippen molar-refractivity contribution >= 4 is 5.78 Å². The molecule has 1 heterocycles. The third-order valence-corrected chi connectivity index (χ3v) is 5.90. The van der Waals surface area contributed by atoms with E-state index in [-0.39, 0.29) is 17.2 Å². The van der Waals surface area contributed by atoms with E-state index in [1.54, 1.807) is 27.4 Å². The molecule has 1 aliphatic heterocycles. The summed E-state index contributed by atoms with van der Waals surface area (Å²) in [5.74, 6) is 1.84. The molecule has 1 unspecified atom stereocenters. The third-order valence-electron chi connectivity index (χ3n) is 5.90. The molecule has 2 atom stereocenters. The second kappa shape index (κ2) is 5.63. The van der Waals surface area contributed by atoms with Crippen molar-refractivity contribution in [2.45, 2.75) is 24.3 Å². The van der Waals surface area contributed by atoms with Crippen LogP contribution in [0.15, 0.2) is 35.6 Å². The van der Waals surface area contributed by atoms with Crippen molar-refractivity contribution in [1.29, 1.82) is 0 Å². The van der Waals surface area contributed by atoms with Crippen LogP contribution in [0.1, 0.15) is 17.5 Å². The van der Waals surface area contributed by atoms with Crippen molar-refractivity contribution < 1.29 is 19.0 Å². The van der Waals surface area contributed by atoms with Gasteiger partial charge >= 0.3 is 0 Å². The summed E-state index contributed by atoms with van der Waals surface area (Å²) in [6, 6.07) is 4.37. The number of hydrogen-bond donors (Lipinski definition) is 0. The average Bonchev–Trinajstić information content (AvgIpc) is 2.63. The van der Waals surface area contributed by atoms with Gasteiger partial charge < -0.3 is 14.2 Å². The molecule has 0 saturated carbocycles. The summed E-state index contributed by atoms with van der Waals surface area (Å²) in [7, 11) is 7.00. The van der Waals surface area contributed by atoms with Gasteiger partial charge in [-0.25, -0.2) is 0 Å². The second-order valence-corrected chi connectivity index (χ2v) is 6.96. The van der Waals surface area contributed by atoms with Crippen LogP contribution in [0.3, 0.4) is 0 Å². The van der Waals surface area contributed by atoms with E-state index in [4.69, 9.17) is 14.2 Å². The molecule has 3 aliphatic rings. The Morgan fingerprint density at radius 1 is 1.12 bits per heavy atom. The maximum atomic E-state index is 12.4. The zero-order valence-corrected chi connectivity index (χ0v) is 15.1. The Kier molecular flexibility index (Phi) is 3.65. The van der Waals surface area contributed by atoms with Crippen LogP contribution in [0.5, 0.6) is 11.5 Å². The topological polar surface area (TPSA) is 48.0 Å². The van der Waals surface area contributed by atoms with Crippen LogP contribution in [0.2, 0.25) is 0 Å². The fraction of sp³-hybridized carbons (Fsp3) is 0.450. The van der Waals surface area contributed by atoms with E-state index in [0.717, 1.165) is 30.9 Å². The van der Waals surface area contributed by atoms with Crippen LogP contribution in [0.4, 0.5) is 0 Å². The zero-order chi connectivity index (χ0) is 17.8. The molecule has 4 rings (SSSR count). The van der Waals surface area contributed by atoms with Crippen LogP contribution in [-0.2, 0) is 21.4 Å². The van der Waals surface area contributed by atoms with Gasteiger partial charge in [0, 0.05) is 11.5 Å². The SMILES string of the molecule is COC1=CC23CCN(C)[C@@H](Cc4cc(OC)c(OC)cc42)C3=CC1=O. The number of fused-ring (bicyclic) bond motifs is 1. The molecular weight excluding hydrogens is 318 g/mol. The first-order chi connectivity index (χ1) is 12.0. The highest BCUT2D eigenvalue weighted by Gasteiger charge is 2.50. The number of carbonyl (C=O) groups excluding carboxylic acids is 1. The van der Waals surface area contributed by atoms with E-state index >= 15 is 0 Å². The second-order valence-electron chi connectivity index (χ2n) is 6.96. The normalized spacial score (nSPS) is 27.7. The fourth-order valence-corrected chi connectivity index (χ4v) is 4.58. The standard InChI is InChI=1S/C20H23NO4/c1-21-6-5-20-11-19(25-4)16(22)9-14(20)15(21)7-12-8-17(23-2)18(24-3)10-13(12)20/h8-11,15H,5-7H2,1-4H3/t15-,20?/m0/s1. The first kappa shape index (κ1) is 16.2. The van der Waals surface area contributed by atoms with Crippen LogP contribution in [-0.4, -0.2) is 51.6 Å². The number of ether oxygens (including phenoxy) is 3. The Labute approximate surface area is 147 Å². The molecule has 25 heavy (non-hydrogen) atoms. The number of hydrogen-bond acceptors (Lipinski definition) is 5. The molecule has 0 N–H and O–H groups in total. The van der Waals surface area contributed by atoms with Gasteiger partial charge in [0.2, 0.25) is 5.78 Å². The predicted octanol–water partition coefficient (Wildman–Crippen LogP) is 2.24. The average molecular weight is 341 g/mol. The Hall–Kier alpha value is -2.27. The Bertz CT molecular complexity index is 810. The molecule has 2 aliphatic carbocycles. The Morgan fingerprint density at radius 2 is 1.84 bits per heavy atom. The Balaban J connectivity index is 1.99. The predicted molar refractivity (Wildman–Crippen MR) is 94.1 cm³/mol. The highest BCUT2D eigenvalue weighted by atomic mass is 16.5. The van der Waals surface area contributed by atoms with Crippen molar-refractivity contribution in [3.8, 4) is 11.5 Å². The summed E-state index contributed by atoms with van der Waals surface area (Å²) < 4.78 is 16.4. The molecule has 5 nitrogen and oxygen atoms in total. The number of carbonyl (C=O) groups is 1. The molecule has 0 radical (unpaired) electrons. The minimum atomic E-state index is -0.302. The summed E-state index contributed by atoms with van der Waals surface area (Å²) in [5.41, 5.74) is 3.31. The molecule has 132 valence electrons. The smallest absolute Gasteiger partial charge is 0.220 e. The van der Waals surface area contributed by atoms with Crippen molar-refractivity contribution in [3.63, 3.8) is 0 Å². The van der Waals surface area contributed by atoms with E-state index < -0.39 is 0 Å². The summed E-state index contributed by atoms with van der Waals surface area (Å²) in [6.07, 6.45) is 5.59. The van der Waals surface area contributed by atoms with Crippen LogP contribution < -0.4 is 9.47 Å². The van der Waals surface area contributed by atoms with E-state index in [1.165, 1.54) is 16.7 Å². The largest absolute Gasteiger partial charge is 0.493 e. The molecule has 1 aromatic rings. The quantitative estimate of drug-likeness (QED) is 0.844. The van der Waals surface area contributed by atoms with Gasteiger partial charge in [0.15, 0.2) is 17.3 Å². The minimum Gasteiger partial charge on any atom is -0.493 e. The number of likely N-dealkylation sites (tertiary alicyclic amines) is 1. The number of methoxy groups -OCH3 is 3. The molecule has 0 aromatic heterocycles. The molecule has 1 saturated heterocycles. The van der Waals surface area contributed by atoms with Crippen molar-refractivity contribution in [1.82, 2.24) is 4.90 Å². The number of rotatable bonds is 3. The molecule has 2 bridgehead atoms. The van der Waals surface area contributed by atoms with Gasteiger partial charge in [-0.15, -0.1) is 0 Å². The number of benzene rings is 1. The molecule has 0 amide bonds. The zero-order valence-electron chi connectivity index (χ0n) is 15.1. The van der Waals surface area contributed by atoms with Crippen molar-refractivity contribution in [2.24, 2.45) is 0 Å². The summed E-state index contributed by atoms with van der Waals surface area (Å²) in [5, 5.41) is 0. The lowest BCUT2D eigenvalue weighted by Gasteiger charge is -2.52. The van der Waals surface area contributed by atoms with Crippen LogP contribution in [0, 0.1) is 0 Å². The van der Waals surface area contributed by atoms with Gasteiger partial charge in [-0.2, -0.15) is 0 Å². The first-order valence-electron chi connectivity index (χ1n) is 8.53. The summed E-state index contributed by atoms with van der Waals surface area (Å²) in [6.45, 7) is 0.970. The first-order valence-corrected chi connectivity index (χ1v) is 8.53. The van der Waals surface area contributed by atoms with E-state index in [0.29, 0.717) is 5.76 Å². The summed E-state index contributed by atoms with van der Waals surface area (Å²) >= 11 is 0. The van der Waals surface area contributed by atoms with E-state index in [2.05, 4.69) is 24.1 Å². The molecule has 1 aromatic carbocycles. The molecular formula is C20H23NO4. The maximum Gasteiger partial charge on any atom is 0.220 e. The molecule has 5 heteroatoms. The number of piperidine rings is 1. The van der Waals surface area contributed by atoms with Crippen LogP contribution >= 0.6 is 0 Å². The van der Waals surface area contributed by atoms with Gasteiger partial charge in [0.1, 0.15) is 0 Å². The van der Waals surface area contributed by atoms with Gasteiger partial charge in [0.25, 0.3) is 0 Å². The van der Waals surface area contributed by atoms with Crippen LogP contribution in [0.25, 0.3) is 0 Å². The summed E-state index contributed by atoms with van der Waals surface area (Å²) in [4.78, 5) is 14.8. The lowest BCUT2D eigenvalue weighted by atomic mass is 9.59.